The second-order valence-electron chi connectivity index (χ2n) is 4.37. The van der Waals surface area contributed by atoms with Crippen LogP contribution in [0.2, 0.25) is 0 Å². The Hall–Kier alpha value is -1.77. The standard InChI is InChI=1S/C11H19N7O/c1-17(4-5-19-3)7-9-14-10(16-12)8-6-13-18(2)11(8)15-9/h6H,4-5,7,12H2,1-3H3,(H,14,15,16). The Kier molecular flexibility index (Phi) is 4.25. The van der Waals surface area contributed by atoms with Crippen LogP contribution >= 0.6 is 0 Å². The van der Waals surface area contributed by atoms with Gasteiger partial charge in [0.25, 0.3) is 0 Å². The van der Waals surface area contributed by atoms with Gasteiger partial charge in [-0.25, -0.2) is 15.8 Å². The quantitative estimate of drug-likeness (QED) is 0.548. The molecule has 2 heterocycles. The second kappa shape index (κ2) is 5.91. The van der Waals surface area contributed by atoms with Gasteiger partial charge in [-0.1, -0.05) is 0 Å². The van der Waals surface area contributed by atoms with E-state index in [1.807, 2.05) is 14.1 Å². The van der Waals surface area contributed by atoms with Gasteiger partial charge in [0.05, 0.1) is 24.7 Å². The SMILES string of the molecule is COCCN(C)Cc1nc(NN)c2cnn(C)c2n1. The number of rotatable bonds is 6. The van der Waals surface area contributed by atoms with Crippen molar-refractivity contribution in [3.8, 4) is 0 Å². The Morgan fingerprint density at radius 1 is 1.47 bits per heavy atom. The van der Waals surface area contributed by atoms with Gasteiger partial charge >= 0.3 is 0 Å². The molecular weight excluding hydrogens is 246 g/mol. The first kappa shape index (κ1) is 13.7. The third-order valence-corrected chi connectivity index (χ3v) is 2.86. The highest BCUT2D eigenvalue weighted by Crippen LogP contribution is 2.18. The Morgan fingerprint density at radius 2 is 2.26 bits per heavy atom. The number of nitrogens with zero attached hydrogens (tertiary/aromatic N) is 5. The zero-order valence-corrected chi connectivity index (χ0v) is 11.4. The molecule has 19 heavy (non-hydrogen) atoms. The minimum atomic E-state index is 0.591. The molecule has 0 saturated carbocycles. The monoisotopic (exact) mass is 265 g/mol. The van der Waals surface area contributed by atoms with Crippen LogP contribution in [0.4, 0.5) is 5.82 Å². The van der Waals surface area contributed by atoms with E-state index in [1.54, 1.807) is 18.0 Å². The summed E-state index contributed by atoms with van der Waals surface area (Å²) in [6.45, 7) is 2.11. The van der Waals surface area contributed by atoms with Crippen LogP contribution in [-0.2, 0) is 18.3 Å². The molecular formula is C11H19N7O. The molecule has 0 atom stereocenters. The van der Waals surface area contributed by atoms with Crippen molar-refractivity contribution >= 4 is 16.9 Å². The first-order chi connectivity index (χ1) is 9.15. The van der Waals surface area contributed by atoms with E-state index in [4.69, 9.17) is 10.6 Å². The average molecular weight is 265 g/mol. The second-order valence-corrected chi connectivity index (χ2v) is 4.37. The maximum atomic E-state index is 5.49. The van der Waals surface area contributed by atoms with Crippen LogP contribution in [0, 0.1) is 0 Å². The van der Waals surface area contributed by atoms with Gasteiger partial charge in [-0.3, -0.25) is 9.58 Å². The van der Waals surface area contributed by atoms with E-state index in [1.165, 1.54) is 0 Å². The highest BCUT2D eigenvalue weighted by molar-refractivity contribution is 5.86. The van der Waals surface area contributed by atoms with Gasteiger partial charge in [0.1, 0.15) is 5.82 Å². The summed E-state index contributed by atoms with van der Waals surface area (Å²) in [5.41, 5.74) is 3.35. The van der Waals surface area contributed by atoms with Crippen molar-refractivity contribution in [2.75, 3.05) is 32.7 Å². The van der Waals surface area contributed by atoms with Gasteiger partial charge in [0.15, 0.2) is 11.5 Å². The first-order valence-electron chi connectivity index (χ1n) is 5.98. The number of hydrazine groups is 1. The molecule has 0 spiro atoms. The topological polar surface area (TPSA) is 94.1 Å². The molecule has 8 nitrogen and oxygen atoms in total. The van der Waals surface area contributed by atoms with E-state index >= 15 is 0 Å². The van der Waals surface area contributed by atoms with Crippen LogP contribution in [-0.4, -0.2) is 52.0 Å². The number of fused-ring (bicyclic) bond motifs is 1. The molecule has 0 aliphatic rings. The summed E-state index contributed by atoms with van der Waals surface area (Å²) >= 11 is 0. The molecule has 0 unspecified atom stereocenters. The predicted molar refractivity (Wildman–Crippen MR) is 72.3 cm³/mol. The van der Waals surface area contributed by atoms with Crippen LogP contribution < -0.4 is 11.3 Å². The minimum Gasteiger partial charge on any atom is -0.383 e. The van der Waals surface area contributed by atoms with Gasteiger partial charge in [-0.2, -0.15) is 5.10 Å². The number of ether oxygens (including phenoxy) is 1. The number of aromatic nitrogens is 4. The summed E-state index contributed by atoms with van der Waals surface area (Å²) in [5, 5.41) is 4.97. The lowest BCUT2D eigenvalue weighted by Gasteiger charge is -2.15. The third-order valence-electron chi connectivity index (χ3n) is 2.86. The van der Waals surface area contributed by atoms with Crippen molar-refractivity contribution in [3.63, 3.8) is 0 Å². The first-order valence-corrected chi connectivity index (χ1v) is 5.98. The van der Waals surface area contributed by atoms with E-state index in [0.717, 1.165) is 17.6 Å². The number of nitrogens with two attached hydrogens (primary N) is 1. The Bertz CT molecular complexity index is 553. The molecule has 8 heteroatoms. The van der Waals surface area contributed by atoms with Gasteiger partial charge in [0.2, 0.25) is 0 Å². The van der Waals surface area contributed by atoms with Gasteiger partial charge in [-0.05, 0) is 7.05 Å². The fourth-order valence-corrected chi connectivity index (χ4v) is 1.82. The predicted octanol–water partition coefficient (Wildman–Crippen LogP) is -0.273. The molecule has 2 aromatic heterocycles. The Balaban J connectivity index is 2.25. The zero-order chi connectivity index (χ0) is 13.8. The smallest absolute Gasteiger partial charge is 0.163 e. The highest BCUT2D eigenvalue weighted by Gasteiger charge is 2.11. The van der Waals surface area contributed by atoms with Crippen LogP contribution in [0.1, 0.15) is 5.82 Å². The van der Waals surface area contributed by atoms with Crippen molar-refractivity contribution in [1.29, 1.82) is 0 Å². The largest absolute Gasteiger partial charge is 0.383 e. The average Bonchev–Trinajstić information content (AvgIpc) is 2.77. The fraction of sp³-hybridized carbons (Fsp3) is 0.545. The van der Waals surface area contributed by atoms with E-state index < -0.39 is 0 Å². The molecule has 2 rings (SSSR count). The van der Waals surface area contributed by atoms with E-state index in [9.17, 15) is 0 Å². The van der Waals surface area contributed by atoms with Crippen molar-refractivity contribution in [1.82, 2.24) is 24.6 Å². The number of anilines is 1. The number of likely N-dealkylation sites (N-methyl/N-ethyl adjacent to an activating group) is 1. The maximum absolute atomic E-state index is 5.49. The summed E-state index contributed by atoms with van der Waals surface area (Å²) in [6.07, 6.45) is 1.70. The van der Waals surface area contributed by atoms with E-state index in [0.29, 0.717) is 24.8 Å². The summed E-state index contributed by atoms with van der Waals surface area (Å²) in [5.74, 6) is 6.78. The Labute approximate surface area is 111 Å². The molecule has 0 fully saturated rings. The van der Waals surface area contributed by atoms with Crippen molar-refractivity contribution in [2.24, 2.45) is 12.9 Å². The van der Waals surface area contributed by atoms with Crippen molar-refractivity contribution in [2.45, 2.75) is 6.54 Å². The molecule has 0 aliphatic heterocycles. The van der Waals surface area contributed by atoms with Crippen molar-refractivity contribution < 1.29 is 4.74 Å². The maximum Gasteiger partial charge on any atom is 0.163 e. The van der Waals surface area contributed by atoms with Gasteiger partial charge < -0.3 is 10.2 Å². The number of nitrogens with one attached hydrogen (secondary N) is 1. The van der Waals surface area contributed by atoms with Gasteiger partial charge in [0, 0.05) is 20.7 Å². The van der Waals surface area contributed by atoms with Crippen LogP contribution in [0.15, 0.2) is 6.20 Å². The molecule has 0 radical (unpaired) electrons. The molecule has 0 aliphatic carbocycles. The number of hydrogen-bond donors (Lipinski definition) is 2. The van der Waals surface area contributed by atoms with E-state index in [-0.39, 0.29) is 0 Å². The molecule has 0 aromatic carbocycles. The number of aryl methyl sites for hydroxylation is 1. The minimum absolute atomic E-state index is 0.591. The number of nitrogen functional groups attached to an aromatic ring is 1. The Morgan fingerprint density at radius 3 is 2.95 bits per heavy atom. The summed E-state index contributed by atoms with van der Waals surface area (Å²) < 4.78 is 6.75. The van der Waals surface area contributed by atoms with Crippen LogP contribution in [0.25, 0.3) is 11.0 Å². The normalized spacial score (nSPS) is 11.4. The highest BCUT2D eigenvalue weighted by atomic mass is 16.5. The number of hydrogen-bond acceptors (Lipinski definition) is 7. The molecule has 2 aromatic rings. The molecule has 3 N–H and O–H groups in total. The fourth-order valence-electron chi connectivity index (χ4n) is 1.82. The zero-order valence-electron chi connectivity index (χ0n) is 11.4. The summed E-state index contributed by atoms with van der Waals surface area (Å²) in [4.78, 5) is 11.0. The van der Waals surface area contributed by atoms with Crippen molar-refractivity contribution in [3.05, 3.63) is 12.0 Å². The lowest BCUT2D eigenvalue weighted by molar-refractivity contribution is 0.157. The van der Waals surface area contributed by atoms with Crippen LogP contribution in [0.3, 0.4) is 0 Å². The lowest BCUT2D eigenvalue weighted by atomic mass is 10.3. The molecule has 0 amide bonds. The molecule has 0 saturated heterocycles. The van der Waals surface area contributed by atoms with Gasteiger partial charge in [-0.15, -0.1) is 0 Å². The number of methoxy groups -OCH3 is 1. The molecule has 104 valence electrons. The van der Waals surface area contributed by atoms with E-state index in [2.05, 4.69) is 25.4 Å². The summed E-state index contributed by atoms with van der Waals surface area (Å²) in [7, 11) is 5.52. The lowest BCUT2D eigenvalue weighted by Crippen LogP contribution is -2.24. The summed E-state index contributed by atoms with van der Waals surface area (Å²) in [6, 6.07) is 0. The van der Waals surface area contributed by atoms with Crippen LogP contribution in [0.5, 0.6) is 0 Å². The molecule has 0 bridgehead atoms. The third kappa shape index (κ3) is 2.98.